The molecule has 0 aromatic heterocycles. The quantitative estimate of drug-likeness (QED) is 0.145. The predicted octanol–water partition coefficient (Wildman–Crippen LogP) is 17.3. The van der Waals surface area contributed by atoms with Crippen molar-refractivity contribution in [3.63, 3.8) is 0 Å². The standard InChI is InChI=1S/C65H45N/c1-4-19-46(20-5-1)64-52-25-11-10-18-45(52)35-41-63(64)66(50-36-32-44(33-37-50)47-34-39-57-55-28-13-12-26-53(55)54-27-14-15-29-56(54)59(57)42-47)51-38-40-62-60(43-51)58-30-16-17-31-61(58)65(62,48-21-6-2-7-22-48)49-23-8-3-9-24-49/h1-43,58,61H. The normalized spacial score (nSPS) is 15.9. The minimum absolute atomic E-state index is 0.195. The van der Waals surface area contributed by atoms with Gasteiger partial charge in [-0.3, -0.25) is 0 Å². The third kappa shape index (κ3) is 5.87. The molecule has 0 spiro atoms. The summed E-state index contributed by atoms with van der Waals surface area (Å²) in [7, 11) is 0. The molecule has 0 aliphatic heterocycles. The highest BCUT2D eigenvalue weighted by atomic mass is 15.1. The summed E-state index contributed by atoms with van der Waals surface area (Å²) in [6, 6.07) is 87.9. The molecule has 2 unspecified atom stereocenters. The lowest BCUT2D eigenvalue weighted by molar-refractivity contribution is 0.456. The van der Waals surface area contributed by atoms with E-state index in [1.807, 2.05) is 0 Å². The molecule has 66 heavy (non-hydrogen) atoms. The van der Waals surface area contributed by atoms with Gasteiger partial charge in [-0.05, 0) is 118 Å². The zero-order valence-electron chi connectivity index (χ0n) is 36.4. The fourth-order valence-electron chi connectivity index (χ4n) is 11.8. The van der Waals surface area contributed by atoms with Crippen molar-refractivity contribution in [2.45, 2.75) is 11.3 Å². The number of benzene rings is 11. The summed E-state index contributed by atoms with van der Waals surface area (Å²) in [6.45, 7) is 0. The van der Waals surface area contributed by atoms with Crippen LogP contribution in [0.3, 0.4) is 0 Å². The van der Waals surface area contributed by atoms with E-state index in [2.05, 4.69) is 266 Å². The first kappa shape index (κ1) is 38.2. The maximum absolute atomic E-state index is 2.50. The Bertz CT molecular complexity index is 3620. The lowest BCUT2D eigenvalue weighted by Crippen LogP contribution is -2.35. The van der Waals surface area contributed by atoms with Gasteiger partial charge in [0, 0.05) is 28.8 Å². The predicted molar refractivity (Wildman–Crippen MR) is 279 cm³/mol. The van der Waals surface area contributed by atoms with Gasteiger partial charge in [0.05, 0.1) is 11.1 Å². The Morgan fingerprint density at radius 3 is 1.55 bits per heavy atom. The molecule has 0 saturated carbocycles. The van der Waals surface area contributed by atoms with Crippen LogP contribution in [0, 0.1) is 5.92 Å². The van der Waals surface area contributed by atoms with Crippen molar-refractivity contribution in [2.24, 2.45) is 5.92 Å². The average molecular weight is 840 g/mol. The van der Waals surface area contributed by atoms with E-state index in [0.29, 0.717) is 0 Å². The zero-order chi connectivity index (χ0) is 43.6. The molecule has 1 nitrogen and oxygen atoms in total. The summed E-state index contributed by atoms with van der Waals surface area (Å²) < 4.78 is 0. The van der Waals surface area contributed by atoms with Crippen molar-refractivity contribution in [3.8, 4) is 22.3 Å². The first-order valence-corrected chi connectivity index (χ1v) is 23.2. The van der Waals surface area contributed by atoms with E-state index >= 15 is 0 Å². The molecule has 0 saturated heterocycles. The van der Waals surface area contributed by atoms with E-state index in [0.717, 1.165) is 17.1 Å². The van der Waals surface area contributed by atoms with Crippen LogP contribution in [0.25, 0.3) is 65.3 Å². The molecule has 0 amide bonds. The number of fused-ring (bicyclic) bond motifs is 10. The Morgan fingerprint density at radius 2 is 0.879 bits per heavy atom. The summed E-state index contributed by atoms with van der Waals surface area (Å²) in [6.07, 6.45) is 9.38. The highest BCUT2D eigenvalue weighted by Gasteiger charge is 2.53. The van der Waals surface area contributed by atoms with Gasteiger partial charge in [0.25, 0.3) is 0 Å². The first-order valence-electron chi connectivity index (χ1n) is 23.2. The van der Waals surface area contributed by atoms with Crippen LogP contribution in [-0.4, -0.2) is 0 Å². The zero-order valence-corrected chi connectivity index (χ0v) is 36.4. The molecule has 0 radical (unpaired) electrons. The van der Waals surface area contributed by atoms with Crippen molar-refractivity contribution in [1.29, 1.82) is 0 Å². The second-order valence-corrected chi connectivity index (χ2v) is 17.9. The summed E-state index contributed by atoms with van der Waals surface area (Å²) in [5.41, 5.74) is 13.2. The molecule has 0 N–H and O–H groups in total. The molecule has 2 aliphatic rings. The van der Waals surface area contributed by atoms with E-state index in [4.69, 9.17) is 0 Å². The van der Waals surface area contributed by atoms with Gasteiger partial charge in [-0.2, -0.15) is 0 Å². The Labute approximate surface area is 385 Å². The summed E-state index contributed by atoms with van der Waals surface area (Å²) >= 11 is 0. The molecule has 1 heteroatoms. The second-order valence-electron chi connectivity index (χ2n) is 17.9. The summed E-state index contributed by atoms with van der Waals surface area (Å²) in [5.74, 6) is 0.406. The number of allylic oxidation sites excluding steroid dienone is 4. The van der Waals surface area contributed by atoms with Gasteiger partial charge in [-0.25, -0.2) is 0 Å². The highest BCUT2D eigenvalue weighted by molar-refractivity contribution is 6.25. The van der Waals surface area contributed by atoms with E-state index in [1.165, 1.54) is 87.6 Å². The smallest absolute Gasteiger partial charge is 0.0546 e. The fourth-order valence-corrected chi connectivity index (χ4v) is 11.8. The van der Waals surface area contributed by atoms with Gasteiger partial charge in [0.2, 0.25) is 0 Å². The average Bonchev–Trinajstić information content (AvgIpc) is 3.70. The largest absolute Gasteiger partial charge is 0.310 e. The molecule has 0 fully saturated rings. The summed E-state index contributed by atoms with van der Waals surface area (Å²) in [5, 5.41) is 10.2. The molecular formula is C65H45N. The van der Waals surface area contributed by atoms with Crippen LogP contribution in [0.1, 0.15) is 28.2 Å². The van der Waals surface area contributed by atoms with Crippen LogP contribution in [0.2, 0.25) is 0 Å². The maximum Gasteiger partial charge on any atom is 0.0546 e. The minimum atomic E-state index is -0.357. The van der Waals surface area contributed by atoms with Gasteiger partial charge in [-0.1, -0.05) is 224 Å². The number of hydrogen-bond acceptors (Lipinski definition) is 1. The minimum Gasteiger partial charge on any atom is -0.310 e. The lowest BCUT2D eigenvalue weighted by atomic mass is 9.63. The molecule has 310 valence electrons. The van der Waals surface area contributed by atoms with Crippen LogP contribution >= 0.6 is 0 Å². The topological polar surface area (TPSA) is 3.24 Å². The van der Waals surface area contributed by atoms with Crippen LogP contribution < -0.4 is 4.90 Å². The van der Waals surface area contributed by atoms with Gasteiger partial charge in [0.1, 0.15) is 0 Å². The Morgan fingerprint density at radius 1 is 0.348 bits per heavy atom. The second kappa shape index (κ2) is 15.5. The molecule has 0 bridgehead atoms. The number of nitrogens with zero attached hydrogens (tertiary/aromatic N) is 1. The number of hydrogen-bond donors (Lipinski definition) is 0. The molecule has 2 aliphatic carbocycles. The van der Waals surface area contributed by atoms with Gasteiger partial charge < -0.3 is 4.90 Å². The highest BCUT2D eigenvalue weighted by Crippen LogP contribution is 2.60. The van der Waals surface area contributed by atoms with E-state index < -0.39 is 0 Å². The van der Waals surface area contributed by atoms with Gasteiger partial charge >= 0.3 is 0 Å². The van der Waals surface area contributed by atoms with Crippen molar-refractivity contribution in [2.75, 3.05) is 4.90 Å². The fraction of sp³-hybridized carbons (Fsp3) is 0.0462. The maximum atomic E-state index is 2.50. The number of rotatable bonds is 7. The van der Waals surface area contributed by atoms with Crippen LogP contribution in [-0.2, 0) is 5.41 Å². The Balaban J connectivity index is 1.02. The van der Waals surface area contributed by atoms with E-state index in [1.54, 1.807) is 0 Å². The van der Waals surface area contributed by atoms with E-state index in [9.17, 15) is 0 Å². The lowest BCUT2D eigenvalue weighted by Gasteiger charge is -2.38. The van der Waals surface area contributed by atoms with Crippen LogP contribution in [0.15, 0.2) is 261 Å². The number of anilines is 3. The molecular weight excluding hydrogens is 795 g/mol. The van der Waals surface area contributed by atoms with Gasteiger partial charge in [0.15, 0.2) is 0 Å². The van der Waals surface area contributed by atoms with Crippen molar-refractivity contribution in [1.82, 2.24) is 0 Å². The molecule has 11 aromatic rings. The van der Waals surface area contributed by atoms with Gasteiger partial charge in [-0.15, -0.1) is 0 Å². The third-order valence-electron chi connectivity index (χ3n) is 14.6. The van der Waals surface area contributed by atoms with Crippen LogP contribution in [0.5, 0.6) is 0 Å². The Hall–Kier alpha value is -8.26. The monoisotopic (exact) mass is 839 g/mol. The first-order chi connectivity index (χ1) is 32.8. The molecule has 2 atom stereocenters. The van der Waals surface area contributed by atoms with E-state index in [-0.39, 0.29) is 17.3 Å². The molecule has 0 heterocycles. The third-order valence-corrected chi connectivity index (χ3v) is 14.6. The molecule has 11 aromatic carbocycles. The van der Waals surface area contributed by atoms with Crippen LogP contribution in [0.4, 0.5) is 17.1 Å². The SMILES string of the molecule is C1=CC2c3cc(N(c4ccc(-c5ccc6c7ccccc7c7ccccc7c6c5)cc4)c4ccc5ccccc5c4-c4ccccc4)ccc3C(c3ccccc3)(c3ccccc3)C2C=C1. The molecule has 13 rings (SSSR count). The van der Waals surface area contributed by atoms with Crippen molar-refractivity contribution >= 4 is 60.2 Å². The summed E-state index contributed by atoms with van der Waals surface area (Å²) in [4.78, 5) is 2.50. The van der Waals surface area contributed by atoms with Crippen molar-refractivity contribution in [3.05, 3.63) is 283 Å². The Kier molecular flexibility index (Phi) is 8.96. The van der Waals surface area contributed by atoms with Crippen molar-refractivity contribution < 1.29 is 0 Å².